The largest absolute Gasteiger partial charge is 0.356 e. The summed E-state index contributed by atoms with van der Waals surface area (Å²) in [4.78, 5) is 17.2. The highest BCUT2D eigenvalue weighted by Crippen LogP contribution is 2.30. The second-order valence-corrected chi connectivity index (χ2v) is 7.14. The van der Waals surface area contributed by atoms with E-state index in [4.69, 9.17) is 27.9 Å². The van der Waals surface area contributed by atoms with Crippen molar-refractivity contribution in [3.8, 4) is 0 Å². The summed E-state index contributed by atoms with van der Waals surface area (Å²) >= 11 is 12.2. The van der Waals surface area contributed by atoms with E-state index in [1.165, 1.54) is 0 Å². The van der Waals surface area contributed by atoms with Crippen LogP contribution in [0.1, 0.15) is 28.8 Å². The molecule has 6 nitrogen and oxygen atoms in total. The summed E-state index contributed by atoms with van der Waals surface area (Å²) in [6, 6.07) is 14.9. The maximum atomic E-state index is 12.6. The molecule has 2 aromatic carbocycles. The Morgan fingerprint density at radius 2 is 1.93 bits per heavy atom. The van der Waals surface area contributed by atoms with Crippen molar-refractivity contribution in [1.82, 2.24) is 14.9 Å². The molecule has 1 heterocycles. The summed E-state index contributed by atoms with van der Waals surface area (Å²) in [6.07, 6.45) is 0.634. The Hall–Kier alpha value is -2.54. The quantitative estimate of drug-likeness (QED) is 0.523. The molecular formula is C21H22Cl2N4O2. The molecule has 152 valence electrons. The standard InChI is InChI=1S/C21H22Cl2N4O2/c1-3-18-26-20(25-17-10-9-15(22)11-16(17)23)19(21(28)24-2)27(18)13-29-12-14-7-5-4-6-8-14/h4-11,25H,3,12-13H2,1-2H3,(H,24,28). The zero-order chi connectivity index (χ0) is 20.8. The van der Waals surface area contributed by atoms with E-state index in [1.807, 2.05) is 37.3 Å². The van der Waals surface area contributed by atoms with Gasteiger partial charge in [0.1, 0.15) is 12.6 Å². The fraction of sp³-hybridized carbons (Fsp3) is 0.238. The lowest BCUT2D eigenvalue weighted by Gasteiger charge is -2.13. The number of carbonyl (C=O) groups excluding carboxylic acids is 1. The van der Waals surface area contributed by atoms with Gasteiger partial charge in [-0.05, 0) is 23.8 Å². The summed E-state index contributed by atoms with van der Waals surface area (Å²) in [5.74, 6) is 0.867. The van der Waals surface area contributed by atoms with Crippen LogP contribution in [0.5, 0.6) is 0 Å². The van der Waals surface area contributed by atoms with Gasteiger partial charge in [0.05, 0.1) is 17.3 Å². The number of hydrogen-bond acceptors (Lipinski definition) is 4. The fourth-order valence-electron chi connectivity index (χ4n) is 2.89. The number of aryl methyl sites for hydroxylation is 1. The molecular weight excluding hydrogens is 411 g/mol. The average Bonchev–Trinajstić information content (AvgIpc) is 3.07. The molecule has 1 amide bonds. The van der Waals surface area contributed by atoms with Crippen LogP contribution in [-0.4, -0.2) is 22.5 Å². The highest BCUT2D eigenvalue weighted by molar-refractivity contribution is 6.36. The second-order valence-electron chi connectivity index (χ2n) is 6.30. The summed E-state index contributed by atoms with van der Waals surface area (Å²) in [7, 11) is 1.58. The summed E-state index contributed by atoms with van der Waals surface area (Å²) in [6.45, 7) is 2.60. The van der Waals surface area contributed by atoms with E-state index in [9.17, 15) is 4.79 Å². The number of ether oxygens (including phenoxy) is 1. The second kappa shape index (κ2) is 9.78. The molecule has 0 unspecified atom stereocenters. The molecule has 3 aromatic rings. The van der Waals surface area contributed by atoms with Gasteiger partial charge in [0, 0.05) is 18.5 Å². The van der Waals surface area contributed by atoms with Gasteiger partial charge in [-0.1, -0.05) is 60.5 Å². The van der Waals surface area contributed by atoms with Crippen LogP contribution in [0.4, 0.5) is 11.5 Å². The minimum absolute atomic E-state index is 0.198. The first kappa shape index (κ1) is 21.2. The van der Waals surface area contributed by atoms with Crippen molar-refractivity contribution < 1.29 is 9.53 Å². The number of amides is 1. The van der Waals surface area contributed by atoms with E-state index in [0.717, 1.165) is 11.4 Å². The van der Waals surface area contributed by atoms with Gasteiger partial charge in [-0.15, -0.1) is 0 Å². The van der Waals surface area contributed by atoms with Crippen molar-refractivity contribution in [3.05, 3.63) is 75.7 Å². The third kappa shape index (κ3) is 5.09. The van der Waals surface area contributed by atoms with Gasteiger partial charge in [0.15, 0.2) is 11.5 Å². The van der Waals surface area contributed by atoms with Gasteiger partial charge in [-0.3, -0.25) is 9.36 Å². The third-order valence-corrected chi connectivity index (χ3v) is 4.87. The molecule has 3 rings (SSSR count). The smallest absolute Gasteiger partial charge is 0.271 e. The van der Waals surface area contributed by atoms with Gasteiger partial charge in [0.25, 0.3) is 5.91 Å². The SMILES string of the molecule is CCc1nc(Nc2ccc(Cl)cc2Cl)c(C(=O)NC)n1COCc1ccccc1. The minimum Gasteiger partial charge on any atom is -0.356 e. The summed E-state index contributed by atoms with van der Waals surface area (Å²) in [5, 5.41) is 6.78. The van der Waals surface area contributed by atoms with Gasteiger partial charge >= 0.3 is 0 Å². The maximum absolute atomic E-state index is 12.6. The Bertz CT molecular complexity index is 990. The highest BCUT2D eigenvalue weighted by Gasteiger charge is 2.22. The zero-order valence-electron chi connectivity index (χ0n) is 16.2. The van der Waals surface area contributed by atoms with Crippen LogP contribution in [0.3, 0.4) is 0 Å². The van der Waals surface area contributed by atoms with Crippen molar-refractivity contribution in [3.63, 3.8) is 0 Å². The summed E-state index contributed by atoms with van der Waals surface area (Å²) in [5.41, 5.74) is 2.04. The Morgan fingerprint density at radius 1 is 1.17 bits per heavy atom. The number of nitrogens with one attached hydrogen (secondary N) is 2. The van der Waals surface area contributed by atoms with E-state index in [2.05, 4.69) is 15.6 Å². The van der Waals surface area contributed by atoms with Crippen molar-refractivity contribution in [2.24, 2.45) is 0 Å². The number of rotatable bonds is 8. The van der Waals surface area contributed by atoms with Crippen molar-refractivity contribution in [2.45, 2.75) is 26.7 Å². The predicted octanol–water partition coefficient (Wildman–Crippen LogP) is 5.03. The first-order valence-electron chi connectivity index (χ1n) is 9.18. The zero-order valence-corrected chi connectivity index (χ0v) is 17.7. The number of imidazole rings is 1. The summed E-state index contributed by atoms with van der Waals surface area (Å²) < 4.78 is 7.63. The monoisotopic (exact) mass is 432 g/mol. The molecule has 0 saturated heterocycles. The molecule has 0 atom stereocenters. The van der Waals surface area contributed by atoms with Gasteiger partial charge in [-0.2, -0.15) is 0 Å². The number of anilines is 2. The molecule has 0 aliphatic rings. The maximum Gasteiger partial charge on any atom is 0.271 e. The molecule has 8 heteroatoms. The lowest BCUT2D eigenvalue weighted by atomic mass is 10.2. The molecule has 0 saturated carbocycles. The molecule has 0 aliphatic heterocycles. The molecule has 1 aromatic heterocycles. The first-order valence-corrected chi connectivity index (χ1v) is 9.94. The lowest BCUT2D eigenvalue weighted by molar-refractivity contribution is 0.0589. The number of nitrogens with zero attached hydrogens (tertiary/aromatic N) is 2. The van der Waals surface area contributed by atoms with Gasteiger partial charge in [-0.25, -0.2) is 4.98 Å². The van der Waals surface area contributed by atoms with Crippen molar-refractivity contribution in [1.29, 1.82) is 0 Å². The molecule has 0 radical (unpaired) electrons. The van der Waals surface area contributed by atoms with E-state index in [-0.39, 0.29) is 12.6 Å². The van der Waals surface area contributed by atoms with Crippen LogP contribution in [0, 0.1) is 0 Å². The lowest BCUT2D eigenvalue weighted by Crippen LogP contribution is -2.24. The molecule has 2 N–H and O–H groups in total. The Kier molecular flexibility index (Phi) is 7.14. The predicted molar refractivity (Wildman–Crippen MR) is 116 cm³/mol. The first-order chi connectivity index (χ1) is 14.0. The van der Waals surface area contributed by atoms with E-state index >= 15 is 0 Å². The third-order valence-electron chi connectivity index (χ3n) is 4.32. The van der Waals surface area contributed by atoms with Crippen LogP contribution >= 0.6 is 23.2 Å². The average molecular weight is 433 g/mol. The molecule has 29 heavy (non-hydrogen) atoms. The molecule has 0 bridgehead atoms. The van der Waals surface area contributed by atoms with Gasteiger partial charge in [0.2, 0.25) is 0 Å². The Morgan fingerprint density at radius 3 is 2.59 bits per heavy atom. The molecule has 0 aliphatic carbocycles. The molecule has 0 fully saturated rings. The van der Waals surface area contributed by atoms with Gasteiger partial charge < -0.3 is 15.4 Å². The Labute approximate surface area is 179 Å². The van der Waals surface area contributed by atoms with Crippen molar-refractivity contribution in [2.75, 3.05) is 12.4 Å². The van der Waals surface area contributed by atoms with Crippen LogP contribution in [0.25, 0.3) is 0 Å². The number of aromatic nitrogens is 2. The van der Waals surface area contributed by atoms with Crippen LogP contribution in [-0.2, 0) is 24.5 Å². The number of benzene rings is 2. The minimum atomic E-state index is -0.270. The van der Waals surface area contributed by atoms with Crippen molar-refractivity contribution >= 4 is 40.6 Å². The van der Waals surface area contributed by atoms with Crippen LogP contribution in [0.2, 0.25) is 10.0 Å². The fourth-order valence-corrected chi connectivity index (χ4v) is 3.35. The van der Waals surface area contributed by atoms with Crippen LogP contribution in [0.15, 0.2) is 48.5 Å². The number of hydrogen-bond donors (Lipinski definition) is 2. The number of halogens is 2. The van der Waals surface area contributed by atoms with Crippen LogP contribution < -0.4 is 10.6 Å². The topological polar surface area (TPSA) is 68.2 Å². The normalized spacial score (nSPS) is 10.8. The van der Waals surface area contributed by atoms with E-state index < -0.39 is 0 Å². The van der Waals surface area contributed by atoms with E-state index in [0.29, 0.717) is 40.3 Å². The highest BCUT2D eigenvalue weighted by atomic mass is 35.5. The Balaban J connectivity index is 1.89. The number of carbonyl (C=O) groups is 1. The van der Waals surface area contributed by atoms with E-state index in [1.54, 1.807) is 29.8 Å². The molecule has 0 spiro atoms.